The van der Waals surface area contributed by atoms with Gasteiger partial charge in [0, 0.05) is 26.1 Å². The van der Waals surface area contributed by atoms with Gasteiger partial charge in [-0.15, -0.1) is 0 Å². The third-order valence-corrected chi connectivity index (χ3v) is 3.60. The maximum Gasteiger partial charge on any atom is 0.222 e. The van der Waals surface area contributed by atoms with E-state index in [1.165, 1.54) is 6.42 Å². The maximum absolute atomic E-state index is 12.1. The van der Waals surface area contributed by atoms with Crippen molar-refractivity contribution >= 4 is 5.91 Å². The monoisotopic (exact) mass is 265 g/mol. The van der Waals surface area contributed by atoms with E-state index in [1.807, 2.05) is 16.6 Å². The molecule has 0 aromatic carbocycles. The van der Waals surface area contributed by atoms with Gasteiger partial charge in [-0.2, -0.15) is 5.10 Å². The molecule has 1 N–H and O–H groups in total. The minimum atomic E-state index is 0.290. The minimum Gasteiger partial charge on any atom is -0.342 e. The smallest absolute Gasteiger partial charge is 0.222 e. The van der Waals surface area contributed by atoms with Crippen molar-refractivity contribution < 1.29 is 4.79 Å². The van der Waals surface area contributed by atoms with Crippen LogP contribution in [-0.2, 0) is 11.3 Å². The SMILES string of the molecule is CNCCCC(=O)N1CCCC(Cn2cncn2)C1. The van der Waals surface area contributed by atoms with E-state index in [0.29, 0.717) is 18.2 Å². The van der Waals surface area contributed by atoms with Gasteiger partial charge in [-0.25, -0.2) is 4.98 Å². The van der Waals surface area contributed by atoms with E-state index in [-0.39, 0.29) is 0 Å². The Morgan fingerprint density at radius 2 is 2.42 bits per heavy atom. The van der Waals surface area contributed by atoms with Crippen molar-refractivity contribution in [2.75, 3.05) is 26.7 Å². The Balaban J connectivity index is 1.78. The Hall–Kier alpha value is -1.43. The zero-order valence-electron chi connectivity index (χ0n) is 11.6. The molecule has 1 aliphatic rings. The van der Waals surface area contributed by atoms with E-state index in [1.54, 1.807) is 12.7 Å². The Labute approximate surface area is 114 Å². The first kappa shape index (κ1) is 14.0. The first-order valence-corrected chi connectivity index (χ1v) is 7.04. The summed E-state index contributed by atoms with van der Waals surface area (Å²) in [6, 6.07) is 0. The average molecular weight is 265 g/mol. The van der Waals surface area contributed by atoms with Gasteiger partial charge in [0.15, 0.2) is 0 Å². The number of aromatic nitrogens is 3. The highest BCUT2D eigenvalue weighted by Crippen LogP contribution is 2.18. The number of rotatable bonds is 6. The molecule has 0 spiro atoms. The van der Waals surface area contributed by atoms with Crippen LogP contribution in [0.3, 0.4) is 0 Å². The minimum absolute atomic E-state index is 0.290. The molecule has 1 atom stereocenters. The van der Waals surface area contributed by atoms with Crippen molar-refractivity contribution in [3.8, 4) is 0 Å². The normalized spacial score (nSPS) is 19.6. The second kappa shape index (κ2) is 7.23. The Bertz CT molecular complexity index is 378. The number of likely N-dealkylation sites (tertiary alicyclic amines) is 1. The molecular weight excluding hydrogens is 242 g/mol. The number of hydrogen-bond donors (Lipinski definition) is 1. The Kier molecular flexibility index (Phi) is 5.32. The van der Waals surface area contributed by atoms with Crippen molar-refractivity contribution in [2.45, 2.75) is 32.2 Å². The summed E-state index contributed by atoms with van der Waals surface area (Å²) in [6.07, 6.45) is 7.13. The van der Waals surface area contributed by atoms with Gasteiger partial charge in [0.1, 0.15) is 12.7 Å². The van der Waals surface area contributed by atoms with Crippen molar-refractivity contribution in [3.63, 3.8) is 0 Å². The van der Waals surface area contributed by atoms with Crippen LogP contribution in [0, 0.1) is 5.92 Å². The van der Waals surface area contributed by atoms with Gasteiger partial charge in [-0.1, -0.05) is 0 Å². The largest absolute Gasteiger partial charge is 0.342 e. The molecule has 1 fully saturated rings. The van der Waals surface area contributed by atoms with Crippen LogP contribution >= 0.6 is 0 Å². The van der Waals surface area contributed by atoms with Crippen LogP contribution in [0.4, 0.5) is 0 Å². The molecule has 1 saturated heterocycles. The van der Waals surface area contributed by atoms with Crippen LogP contribution < -0.4 is 5.32 Å². The zero-order valence-corrected chi connectivity index (χ0v) is 11.6. The molecule has 1 aromatic heterocycles. The molecule has 106 valence electrons. The van der Waals surface area contributed by atoms with E-state index in [0.717, 1.165) is 39.0 Å². The highest BCUT2D eigenvalue weighted by molar-refractivity contribution is 5.76. The highest BCUT2D eigenvalue weighted by atomic mass is 16.2. The van der Waals surface area contributed by atoms with Gasteiger partial charge in [0.05, 0.1) is 0 Å². The van der Waals surface area contributed by atoms with Gasteiger partial charge < -0.3 is 10.2 Å². The van der Waals surface area contributed by atoms with Crippen LogP contribution in [0.15, 0.2) is 12.7 Å². The number of carbonyl (C=O) groups is 1. The lowest BCUT2D eigenvalue weighted by Crippen LogP contribution is -2.41. The molecule has 0 saturated carbocycles. The van der Waals surface area contributed by atoms with E-state index in [9.17, 15) is 4.79 Å². The lowest BCUT2D eigenvalue weighted by Gasteiger charge is -2.32. The third-order valence-electron chi connectivity index (χ3n) is 3.60. The first-order chi connectivity index (χ1) is 9.29. The predicted octanol–water partition coefficient (Wildman–Crippen LogP) is 0.516. The summed E-state index contributed by atoms with van der Waals surface area (Å²) in [5.74, 6) is 0.794. The Morgan fingerprint density at radius 3 is 3.16 bits per heavy atom. The predicted molar refractivity (Wildman–Crippen MR) is 72.5 cm³/mol. The molecule has 6 heteroatoms. The summed E-state index contributed by atoms with van der Waals surface area (Å²) >= 11 is 0. The standard InChI is InChI=1S/C13H23N5O/c1-14-6-2-5-13(19)17-7-3-4-12(8-17)9-18-11-15-10-16-18/h10-12,14H,2-9H2,1H3. The van der Waals surface area contributed by atoms with Gasteiger partial charge in [0.25, 0.3) is 0 Å². The number of piperidine rings is 1. The Morgan fingerprint density at radius 1 is 1.53 bits per heavy atom. The summed E-state index contributed by atoms with van der Waals surface area (Å²) in [5.41, 5.74) is 0. The van der Waals surface area contributed by atoms with Crippen LogP contribution in [0.2, 0.25) is 0 Å². The number of nitrogens with one attached hydrogen (secondary N) is 1. The topological polar surface area (TPSA) is 63.1 Å². The van der Waals surface area contributed by atoms with Crippen molar-refractivity contribution in [2.24, 2.45) is 5.92 Å². The molecular formula is C13H23N5O. The molecule has 1 aromatic rings. The number of carbonyl (C=O) groups excluding carboxylic acids is 1. The van der Waals surface area contributed by atoms with Gasteiger partial charge in [-0.05, 0) is 38.8 Å². The first-order valence-electron chi connectivity index (χ1n) is 7.04. The summed E-state index contributed by atoms with van der Waals surface area (Å²) < 4.78 is 1.86. The summed E-state index contributed by atoms with van der Waals surface area (Å²) in [6.45, 7) is 3.53. The van der Waals surface area contributed by atoms with E-state index in [4.69, 9.17) is 0 Å². The third kappa shape index (κ3) is 4.31. The van der Waals surface area contributed by atoms with Crippen molar-refractivity contribution in [1.82, 2.24) is 25.0 Å². The molecule has 1 aliphatic heterocycles. The molecule has 2 rings (SSSR count). The lowest BCUT2D eigenvalue weighted by atomic mass is 9.97. The van der Waals surface area contributed by atoms with E-state index in [2.05, 4.69) is 15.4 Å². The fourth-order valence-corrected chi connectivity index (χ4v) is 2.61. The summed E-state index contributed by atoms with van der Waals surface area (Å²) in [4.78, 5) is 18.1. The summed E-state index contributed by atoms with van der Waals surface area (Å²) in [7, 11) is 1.92. The van der Waals surface area contributed by atoms with Crippen LogP contribution in [0.1, 0.15) is 25.7 Å². The quantitative estimate of drug-likeness (QED) is 0.762. The molecule has 0 bridgehead atoms. The summed E-state index contributed by atoms with van der Waals surface area (Å²) in [5, 5.41) is 7.21. The molecule has 19 heavy (non-hydrogen) atoms. The maximum atomic E-state index is 12.1. The second-order valence-electron chi connectivity index (χ2n) is 5.17. The number of nitrogens with zero attached hydrogens (tertiary/aromatic N) is 4. The molecule has 0 aliphatic carbocycles. The zero-order chi connectivity index (χ0) is 13.5. The average Bonchev–Trinajstić information content (AvgIpc) is 2.92. The second-order valence-corrected chi connectivity index (χ2v) is 5.17. The van der Waals surface area contributed by atoms with Gasteiger partial charge in [0.2, 0.25) is 5.91 Å². The van der Waals surface area contributed by atoms with E-state index >= 15 is 0 Å². The number of amides is 1. The fraction of sp³-hybridized carbons (Fsp3) is 0.769. The lowest BCUT2D eigenvalue weighted by molar-refractivity contribution is -0.133. The van der Waals surface area contributed by atoms with Crippen LogP contribution in [-0.4, -0.2) is 52.3 Å². The molecule has 2 heterocycles. The molecule has 6 nitrogen and oxygen atoms in total. The number of hydrogen-bond acceptors (Lipinski definition) is 4. The van der Waals surface area contributed by atoms with Gasteiger partial charge >= 0.3 is 0 Å². The molecule has 1 amide bonds. The highest BCUT2D eigenvalue weighted by Gasteiger charge is 2.23. The van der Waals surface area contributed by atoms with Crippen molar-refractivity contribution in [1.29, 1.82) is 0 Å². The van der Waals surface area contributed by atoms with E-state index < -0.39 is 0 Å². The molecule has 0 radical (unpaired) electrons. The molecule has 1 unspecified atom stereocenters. The van der Waals surface area contributed by atoms with Crippen LogP contribution in [0.5, 0.6) is 0 Å². The van der Waals surface area contributed by atoms with Crippen LogP contribution in [0.25, 0.3) is 0 Å². The fourth-order valence-electron chi connectivity index (χ4n) is 2.61. The van der Waals surface area contributed by atoms with Gasteiger partial charge in [-0.3, -0.25) is 9.48 Å². The van der Waals surface area contributed by atoms with Crippen molar-refractivity contribution in [3.05, 3.63) is 12.7 Å².